The van der Waals surface area contributed by atoms with Crippen LogP contribution in [0.5, 0.6) is 0 Å². The van der Waals surface area contributed by atoms with Crippen molar-refractivity contribution >= 4 is 5.97 Å². The van der Waals surface area contributed by atoms with Crippen molar-refractivity contribution in [1.29, 1.82) is 0 Å². The largest absolute Gasteiger partial charge is 0.457 e. The SMILES string of the molecule is CCCCCCCCCCCCCCCC(=O)O[C@@H]1[C@@H](O)[C@@H](O)[C@H](O[C@H]2[C@H](OCCCC)O[C@H](CO)[C@@H](O)[C@@H]2O)O[C@H]1C. The van der Waals surface area contributed by atoms with Crippen LogP contribution in [0.25, 0.3) is 0 Å². The van der Waals surface area contributed by atoms with E-state index in [2.05, 4.69) is 6.92 Å². The van der Waals surface area contributed by atoms with E-state index in [1.807, 2.05) is 6.92 Å². The van der Waals surface area contributed by atoms with Crippen molar-refractivity contribution in [1.82, 2.24) is 0 Å². The summed E-state index contributed by atoms with van der Waals surface area (Å²) in [6.07, 6.45) is 4.48. The van der Waals surface area contributed by atoms with Crippen molar-refractivity contribution < 1.29 is 54.0 Å². The lowest BCUT2D eigenvalue weighted by molar-refractivity contribution is -0.364. The fraction of sp³-hybridized carbons (Fsp3) is 0.969. The lowest BCUT2D eigenvalue weighted by Gasteiger charge is -2.46. The molecule has 11 heteroatoms. The summed E-state index contributed by atoms with van der Waals surface area (Å²) < 4.78 is 28.3. The summed E-state index contributed by atoms with van der Waals surface area (Å²) in [7, 11) is 0. The Morgan fingerprint density at radius 2 is 1.19 bits per heavy atom. The van der Waals surface area contributed by atoms with Gasteiger partial charge in [-0.25, -0.2) is 0 Å². The van der Waals surface area contributed by atoms with Gasteiger partial charge in [0, 0.05) is 13.0 Å². The van der Waals surface area contributed by atoms with Gasteiger partial charge in [0.15, 0.2) is 18.7 Å². The van der Waals surface area contributed by atoms with Crippen LogP contribution in [0.3, 0.4) is 0 Å². The number of aliphatic hydroxyl groups is 5. The first-order chi connectivity index (χ1) is 20.7. The molecule has 0 aromatic carbocycles. The predicted molar refractivity (Wildman–Crippen MR) is 160 cm³/mol. The van der Waals surface area contributed by atoms with Gasteiger partial charge in [-0.3, -0.25) is 4.79 Å². The maximum atomic E-state index is 12.5. The van der Waals surface area contributed by atoms with E-state index in [0.29, 0.717) is 12.8 Å². The van der Waals surface area contributed by atoms with E-state index >= 15 is 0 Å². The zero-order chi connectivity index (χ0) is 31.6. The number of rotatable bonds is 22. The van der Waals surface area contributed by atoms with Gasteiger partial charge in [0.1, 0.15) is 36.6 Å². The molecule has 0 aliphatic carbocycles. The first kappa shape index (κ1) is 38.3. The molecule has 2 aliphatic rings. The average Bonchev–Trinajstić information content (AvgIpc) is 2.99. The predicted octanol–water partition coefficient (Wildman–Crippen LogP) is 3.49. The van der Waals surface area contributed by atoms with Crippen LogP contribution in [0.15, 0.2) is 0 Å². The van der Waals surface area contributed by atoms with Crippen molar-refractivity contribution in [2.24, 2.45) is 0 Å². The van der Waals surface area contributed by atoms with Crippen molar-refractivity contribution in [3.05, 3.63) is 0 Å². The van der Waals surface area contributed by atoms with Crippen molar-refractivity contribution in [3.8, 4) is 0 Å². The third-order valence-electron chi connectivity index (χ3n) is 8.42. The third kappa shape index (κ3) is 13.2. The van der Waals surface area contributed by atoms with E-state index in [-0.39, 0.29) is 13.0 Å². The number of carbonyl (C=O) groups excluding carboxylic acids is 1. The molecule has 0 aromatic rings. The highest BCUT2D eigenvalue weighted by atomic mass is 16.8. The Bertz CT molecular complexity index is 725. The van der Waals surface area contributed by atoms with Gasteiger partial charge in [0.2, 0.25) is 0 Å². The summed E-state index contributed by atoms with van der Waals surface area (Å²) >= 11 is 0. The Morgan fingerprint density at radius 1 is 0.651 bits per heavy atom. The highest BCUT2D eigenvalue weighted by Crippen LogP contribution is 2.31. The second-order valence-electron chi connectivity index (χ2n) is 12.2. The van der Waals surface area contributed by atoms with Crippen LogP contribution in [0.4, 0.5) is 0 Å². The normalized spacial score (nSPS) is 33.0. The first-order valence-electron chi connectivity index (χ1n) is 16.9. The van der Waals surface area contributed by atoms with Crippen LogP contribution in [0, 0.1) is 0 Å². The van der Waals surface area contributed by atoms with Gasteiger partial charge in [-0.15, -0.1) is 0 Å². The first-order valence-corrected chi connectivity index (χ1v) is 16.9. The number of hydrogen-bond acceptors (Lipinski definition) is 11. The number of carbonyl (C=O) groups is 1. The minimum atomic E-state index is -1.61. The molecule has 5 N–H and O–H groups in total. The van der Waals surface area contributed by atoms with Crippen LogP contribution in [0.1, 0.15) is 124 Å². The minimum absolute atomic E-state index is 0.218. The van der Waals surface area contributed by atoms with Crippen molar-refractivity contribution in [2.75, 3.05) is 13.2 Å². The standard InChI is InChI=1S/C32H60O11/c1-4-6-8-9-10-11-12-13-14-15-16-17-18-19-24(34)42-29-22(3)40-31(28(38)27(29)37)43-30-26(36)25(35)23(21-33)41-32(30)39-20-7-5-2/h22-23,25-33,35-38H,4-21H2,1-3H3/t22-,23+,25+,26-,27-,28+,29-,30+,31-,32+/m0/s1. The molecule has 11 nitrogen and oxygen atoms in total. The molecule has 0 spiro atoms. The summed E-state index contributed by atoms with van der Waals surface area (Å²) in [5.74, 6) is -0.465. The molecule has 0 saturated carbocycles. The molecule has 10 atom stereocenters. The van der Waals surface area contributed by atoms with Crippen molar-refractivity contribution in [2.45, 2.75) is 185 Å². The zero-order valence-corrected chi connectivity index (χ0v) is 26.7. The lowest BCUT2D eigenvalue weighted by atomic mass is 9.97. The Morgan fingerprint density at radius 3 is 1.74 bits per heavy atom. The Labute approximate surface area is 258 Å². The van der Waals surface area contributed by atoms with Crippen LogP contribution < -0.4 is 0 Å². The summed E-state index contributed by atoms with van der Waals surface area (Å²) in [5.41, 5.74) is 0. The molecule has 0 amide bonds. The number of aliphatic hydroxyl groups excluding tert-OH is 5. The topological polar surface area (TPSA) is 164 Å². The molecule has 2 saturated heterocycles. The molecule has 0 bridgehead atoms. The highest BCUT2D eigenvalue weighted by molar-refractivity contribution is 5.69. The summed E-state index contributed by atoms with van der Waals surface area (Å²) in [6.45, 7) is 5.55. The second kappa shape index (κ2) is 21.8. The Balaban J connectivity index is 1.72. The van der Waals surface area contributed by atoms with E-state index in [1.54, 1.807) is 6.92 Å². The Kier molecular flexibility index (Phi) is 19.4. The molecular formula is C32H60O11. The second-order valence-corrected chi connectivity index (χ2v) is 12.2. The molecule has 0 unspecified atom stereocenters. The average molecular weight is 621 g/mol. The maximum Gasteiger partial charge on any atom is 0.306 e. The maximum absolute atomic E-state index is 12.5. The van der Waals surface area contributed by atoms with Gasteiger partial charge in [-0.1, -0.05) is 97.3 Å². The summed E-state index contributed by atoms with van der Waals surface area (Å²) in [6, 6.07) is 0. The van der Waals surface area contributed by atoms with Crippen molar-refractivity contribution in [3.63, 3.8) is 0 Å². The number of unbranched alkanes of at least 4 members (excludes halogenated alkanes) is 13. The van der Waals surface area contributed by atoms with Crippen LogP contribution >= 0.6 is 0 Å². The highest BCUT2D eigenvalue weighted by Gasteiger charge is 2.51. The molecule has 0 radical (unpaired) electrons. The van der Waals surface area contributed by atoms with E-state index in [1.165, 1.54) is 57.8 Å². The third-order valence-corrected chi connectivity index (χ3v) is 8.42. The van der Waals surface area contributed by atoms with Gasteiger partial charge in [-0.2, -0.15) is 0 Å². The molecule has 43 heavy (non-hydrogen) atoms. The van der Waals surface area contributed by atoms with E-state index < -0.39 is 74.0 Å². The monoisotopic (exact) mass is 620 g/mol. The quantitative estimate of drug-likeness (QED) is 0.0889. The van der Waals surface area contributed by atoms with E-state index in [0.717, 1.165) is 25.7 Å². The molecule has 254 valence electrons. The van der Waals surface area contributed by atoms with E-state index in [4.69, 9.17) is 23.7 Å². The zero-order valence-electron chi connectivity index (χ0n) is 26.7. The molecule has 2 heterocycles. The van der Waals surface area contributed by atoms with Gasteiger partial charge in [0.25, 0.3) is 0 Å². The lowest BCUT2D eigenvalue weighted by Crippen LogP contribution is -2.64. The number of ether oxygens (including phenoxy) is 5. The smallest absolute Gasteiger partial charge is 0.306 e. The van der Waals surface area contributed by atoms with Crippen LogP contribution in [0.2, 0.25) is 0 Å². The van der Waals surface area contributed by atoms with Crippen LogP contribution in [-0.2, 0) is 28.5 Å². The fourth-order valence-electron chi connectivity index (χ4n) is 5.61. The fourth-order valence-corrected chi connectivity index (χ4v) is 5.61. The van der Waals surface area contributed by atoms with Gasteiger partial charge in [-0.05, 0) is 19.8 Å². The molecule has 2 fully saturated rings. The summed E-state index contributed by atoms with van der Waals surface area (Å²) in [4.78, 5) is 12.5. The van der Waals surface area contributed by atoms with E-state index in [9.17, 15) is 30.3 Å². The molecule has 2 rings (SSSR count). The summed E-state index contributed by atoms with van der Waals surface area (Å²) in [5, 5.41) is 52.1. The Hall–Kier alpha value is -0.890. The van der Waals surface area contributed by atoms with Gasteiger partial charge >= 0.3 is 5.97 Å². The minimum Gasteiger partial charge on any atom is -0.457 e. The van der Waals surface area contributed by atoms with Gasteiger partial charge < -0.3 is 49.2 Å². The number of hydrogen-bond donors (Lipinski definition) is 5. The number of esters is 1. The molecule has 0 aromatic heterocycles. The molecular weight excluding hydrogens is 560 g/mol. The van der Waals surface area contributed by atoms with Crippen LogP contribution in [-0.4, -0.2) is 106 Å². The molecule has 2 aliphatic heterocycles. The van der Waals surface area contributed by atoms with Gasteiger partial charge in [0.05, 0.1) is 12.7 Å².